The van der Waals surface area contributed by atoms with E-state index in [4.69, 9.17) is 0 Å². The van der Waals surface area contributed by atoms with E-state index in [0.717, 1.165) is 18.4 Å². The van der Waals surface area contributed by atoms with Crippen molar-refractivity contribution in [2.45, 2.75) is 39.3 Å². The monoisotopic (exact) mass is 207 g/mol. The standard InChI is InChI=1S/C12H21N3/c1-9-4-5-12(10(9)2)13-6-11-7-14-15(3)8-11/h7-10,12-13H,4-6H2,1-3H3. The fourth-order valence-electron chi connectivity index (χ4n) is 2.46. The Hall–Kier alpha value is -0.830. The Labute approximate surface area is 91.9 Å². The second-order valence-electron chi connectivity index (χ2n) is 4.92. The summed E-state index contributed by atoms with van der Waals surface area (Å²) in [5.41, 5.74) is 1.28. The van der Waals surface area contributed by atoms with E-state index in [-0.39, 0.29) is 0 Å². The molecule has 0 aromatic carbocycles. The molecule has 3 heteroatoms. The maximum Gasteiger partial charge on any atom is 0.0534 e. The summed E-state index contributed by atoms with van der Waals surface area (Å²) >= 11 is 0. The molecule has 0 bridgehead atoms. The van der Waals surface area contributed by atoms with Gasteiger partial charge in [0.25, 0.3) is 0 Å². The van der Waals surface area contributed by atoms with E-state index in [1.54, 1.807) is 0 Å². The molecule has 3 nitrogen and oxygen atoms in total. The summed E-state index contributed by atoms with van der Waals surface area (Å²) in [4.78, 5) is 0. The fraction of sp³-hybridized carbons (Fsp3) is 0.750. The van der Waals surface area contributed by atoms with Gasteiger partial charge in [-0.15, -0.1) is 0 Å². The molecule has 0 aliphatic heterocycles. The third-order valence-corrected chi connectivity index (χ3v) is 3.79. The van der Waals surface area contributed by atoms with Crippen LogP contribution in [-0.2, 0) is 13.6 Å². The summed E-state index contributed by atoms with van der Waals surface area (Å²) in [5, 5.41) is 7.81. The lowest BCUT2D eigenvalue weighted by atomic mass is 9.98. The van der Waals surface area contributed by atoms with Gasteiger partial charge in [-0.3, -0.25) is 4.68 Å². The molecule has 3 unspecified atom stereocenters. The molecule has 84 valence electrons. The van der Waals surface area contributed by atoms with E-state index in [1.807, 2.05) is 17.9 Å². The molecule has 1 aliphatic carbocycles. The minimum Gasteiger partial charge on any atom is -0.310 e. The smallest absolute Gasteiger partial charge is 0.0534 e. The Morgan fingerprint density at radius 2 is 2.27 bits per heavy atom. The van der Waals surface area contributed by atoms with Crippen LogP contribution in [0.3, 0.4) is 0 Å². The summed E-state index contributed by atoms with van der Waals surface area (Å²) < 4.78 is 1.86. The van der Waals surface area contributed by atoms with Crippen molar-refractivity contribution in [3.05, 3.63) is 18.0 Å². The first kappa shape index (κ1) is 10.7. The summed E-state index contributed by atoms with van der Waals surface area (Å²) in [7, 11) is 1.96. The van der Waals surface area contributed by atoms with Crippen LogP contribution in [0, 0.1) is 11.8 Å². The van der Waals surface area contributed by atoms with E-state index in [1.165, 1.54) is 18.4 Å². The van der Waals surface area contributed by atoms with E-state index in [2.05, 4.69) is 30.5 Å². The second-order valence-corrected chi connectivity index (χ2v) is 4.92. The predicted octanol–water partition coefficient (Wildman–Crippen LogP) is 1.94. The van der Waals surface area contributed by atoms with Gasteiger partial charge in [-0.1, -0.05) is 13.8 Å². The Morgan fingerprint density at radius 3 is 2.80 bits per heavy atom. The van der Waals surface area contributed by atoms with Crippen molar-refractivity contribution in [3.63, 3.8) is 0 Å². The molecule has 1 aromatic rings. The molecule has 1 aliphatic rings. The maximum atomic E-state index is 4.17. The van der Waals surface area contributed by atoms with Gasteiger partial charge >= 0.3 is 0 Å². The molecule has 0 saturated heterocycles. The Morgan fingerprint density at radius 1 is 1.47 bits per heavy atom. The lowest BCUT2D eigenvalue weighted by Crippen LogP contribution is -2.31. The summed E-state index contributed by atoms with van der Waals surface area (Å²) in [6.07, 6.45) is 6.71. The molecule has 2 rings (SSSR count). The quantitative estimate of drug-likeness (QED) is 0.821. The molecule has 3 atom stereocenters. The molecule has 0 radical (unpaired) electrons. The van der Waals surface area contributed by atoms with Gasteiger partial charge < -0.3 is 5.32 Å². The second kappa shape index (κ2) is 4.35. The lowest BCUT2D eigenvalue weighted by molar-refractivity contribution is 0.370. The molecule has 0 amide bonds. The number of aryl methyl sites for hydroxylation is 1. The number of nitrogens with one attached hydrogen (secondary N) is 1. The van der Waals surface area contributed by atoms with Crippen LogP contribution in [0.1, 0.15) is 32.3 Å². The normalized spacial score (nSPS) is 31.0. The minimum atomic E-state index is 0.695. The van der Waals surface area contributed by atoms with Crippen molar-refractivity contribution in [1.82, 2.24) is 15.1 Å². The zero-order valence-electron chi connectivity index (χ0n) is 9.90. The molecular weight excluding hydrogens is 186 g/mol. The predicted molar refractivity (Wildman–Crippen MR) is 61.4 cm³/mol. The number of aromatic nitrogens is 2. The summed E-state index contributed by atoms with van der Waals surface area (Å²) in [6, 6.07) is 0.695. The van der Waals surface area contributed by atoms with Gasteiger partial charge in [-0.2, -0.15) is 5.10 Å². The molecule has 1 N–H and O–H groups in total. The van der Waals surface area contributed by atoms with E-state index >= 15 is 0 Å². The number of nitrogens with zero attached hydrogens (tertiary/aromatic N) is 2. The van der Waals surface area contributed by atoms with Gasteiger partial charge in [0.05, 0.1) is 6.20 Å². The van der Waals surface area contributed by atoms with Crippen molar-refractivity contribution >= 4 is 0 Å². The van der Waals surface area contributed by atoms with Gasteiger partial charge in [0.15, 0.2) is 0 Å². The van der Waals surface area contributed by atoms with Gasteiger partial charge in [0, 0.05) is 31.4 Å². The molecule has 1 heterocycles. The number of hydrogen-bond acceptors (Lipinski definition) is 2. The highest BCUT2D eigenvalue weighted by Crippen LogP contribution is 2.31. The van der Waals surface area contributed by atoms with Crippen molar-refractivity contribution in [2.24, 2.45) is 18.9 Å². The lowest BCUT2D eigenvalue weighted by Gasteiger charge is -2.19. The molecule has 1 fully saturated rings. The first-order valence-corrected chi connectivity index (χ1v) is 5.87. The molecular formula is C12H21N3. The molecule has 1 aromatic heterocycles. The Bertz CT molecular complexity index is 318. The third kappa shape index (κ3) is 2.40. The van der Waals surface area contributed by atoms with Gasteiger partial charge in [-0.25, -0.2) is 0 Å². The minimum absolute atomic E-state index is 0.695. The topological polar surface area (TPSA) is 29.9 Å². The number of hydrogen-bond donors (Lipinski definition) is 1. The summed E-state index contributed by atoms with van der Waals surface area (Å²) in [6.45, 7) is 5.67. The van der Waals surface area contributed by atoms with Crippen LogP contribution in [0.2, 0.25) is 0 Å². The van der Waals surface area contributed by atoms with Crippen LogP contribution in [0.5, 0.6) is 0 Å². The highest BCUT2D eigenvalue weighted by molar-refractivity contribution is 5.03. The molecule has 0 spiro atoms. The van der Waals surface area contributed by atoms with Crippen LogP contribution in [0.15, 0.2) is 12.4 Å². The van der Waals surface area contributed by atoms with Crippen LogP contribution in [0.25, 0.3) is 0 Å². The first-order valence-electron chi connectivity index (χ1n) is 5.87. The van der Waals surface area contributed by atoms with Crippen molar-refractivity contribution < 1.29 is 0 Å². The molecule has 15 heavy (non-hydrogen) atoms. The zero-order valence-corrected chi connectivity index (χ0v) is 9.90. The Balaban J connectivity index is 1.83. The highest BCUT2D eigenvalue weighted by atomic mass is 15.2. The highest BCUT2D eigenvalue weighted by Gasteiger charge is 2.28. The van der Waals surface area contributed by atoms with Crippen LogP contribution >= 0.6 is 0 Å². The average Bonchev–Trinajstić information content (AvgIpc) is 2.74. The van der Waals surface area contributed by atoms with Crippen LogP contribution < -0.4 is 5.32 Å². The van der Waals surface area contributed by atoms with Crippen molar-refractivity contribution in [3.8, 4) is 0 Å². The largest absolute Gasteiger partial charge is 0.310 e. The molecule has 1 saturated carbocycles. The van der Waals surface area contributed by atoms with Gasteiger partial charge in [-0.05, 0) is 24.7 Å². The van der Waals surface area contributed by atoms with Gasteiger partial charge in [0.2, 0.25) is 0 Å². The van der Waals surface area contributed by atoms with Crippen LogP contribution in [-0.4, -0.2) is 15.8 Å². The SMILES string of the molecule is CC1CCC(NCc2cnn(C)c2)C1C. The maximum absolute atomic E-state index is 4.17. The first-order chi connectivity index (χ1) is 7.16. The van der Waals surface area contributed by atoms with Crippen LogP contribution in [0.4, 0.5) is 0 Å². The van der Waals surface area contributed by atoms with E-state index in [9.17, 15) is 0 Å². The zero-order chi connectivity index (χ0) is 10.8. The summed E-state index contributed by atoms with van der Waals surface area (Å²) in [5.74, 6) is 1.68. The van der Waals surface area contributed by atoms with E-state index < -0.39 is 0 Å². The van der Waals surface area contributed by atoms with E-state index in [0.29, 0.717) is 6.04 Å². The Kier molecular flexibility index (Phi) is 3.10. The van der Waals surface area contributed by atoms with Gasteiger partial charge in [0.1, 0.15) is 0 Å². The third-order valence-electron chi connectivity index (χ3n) is 3.79. The average molecular weight is 207 g/mol. The van der Waals surface area contributed by atoms with Crippen molar-refractivity contribution in [1.29, 1.82) is 0 Å². The van der Waals surface area contributed by atoms with Crippen molar-refractivity contribution in [2.75, 3.05) is 0 Å². The fourth-order valence-corrected chi connectivity index (χ4v) is 2.46. The number of rotatable bonds is 3.